The van der Waals surface area contributed by atoms with Crippen molar-refractivity contribution in [1.29, 1.82) is 0 Å². The van der Waals surface area contributed by atoms with Gasteiger partial charge in [0.1, 0.15) is 5.84 Å². The van der Waals surface area contributed by atoms with E-state index in [0.29, 0.717) is 11.8 Å². The Morgan fingerprint density at radius 1 is 1.44 bits per heavy atom. The summed E-state index contributed by atoms with van der Waals surface area (Å²) in [6, 6.07) is 8.57. The molecule has 0 saturated carbocycles. The van der Waals surface area contributed by atoms with Crippen molar-refractivity contribution in [2.24, 2.45) is 16.6 Å². The van der Waals surface area contributed by atoms with Gasteiger partial charge in [0.05, 0.1) is 0 Å². The lowest BCUT2D eigenvalue weighted by molar-refractivity contribution is 0.661. The number of hydrogen-bond donors (Lipinski definition) is 1. The lowest BCUT2D eigenvalue weighted by atomic mass is 10.0. The summed E-state index contributed by atoms with van der Waals surface area (Å²) in [5.74, 6) is 1.75. The third kappa shape index (κ3) is 2.26. The molecule has 0 saturated heterocycles. The predicted octanol–water partition coefficient (Wildman–Crippen LogP) is 2.73. The summed E-state index contributed by atoms with van der Waals surface area (Å²) >= 11 is 0. The zero-order chi connectivity index (χ0) is 11.5. The van der Waals surface area contributed by atoms with Gasteiger partial charge in [-0.25, -0.2) is 0 Å². The average molecular weight is 216 g/mol. The normalized spacial score (nSPS) is 20.2. The number of nitrogens with two attached hydrogens (primary N) is 1. The van der Waals surface area contributed by atoms with E-state index in [1.165, 1.54) is 11.1 Å². The minimum absolute atomic E-state index is 0.356. The van der Waals surface area contributed by atoms with Crippen molar-refractivity contribution < 1.29 is 0 Å². The first-order chi connectivity index (χ1) is 7.68. The van der Waals surface area contributed by atoms with Gasteiger partial charge in [0.25, 0.3) is 0 Å². The molecule has 0 aromatic heterocycles. The predicted molar refractivity (Wildman–Crippen MR) is 68.8 cm³/mol. The van der Waals surface area contributed by atoms with Crippen molar-refractivity contribution in [2.75, 3.05) is 6.54 Å². The molecular weight excluding hydrogens is 196 g/mol. The van der Waals surface area contributed by atoms with Crippen LogP contribution in [0.25, 0.3) is 0 Å². The molecule has 0 radical (unpaired) electrons. The van der Waals surface area contributed by atoms with Crippen LogP contribution in [0, 0.1) is 5.92 Å². The number of hydrogen-bond acceptors (Lipinski definition) is 1. The Balaban J connectivity index is 2.15. The summed E-state index contributed by atoms with van der Waals surface area (Å²) < 4.78 is 0. The maximum absolute atomic E-state index is 6.09. The van der Waals surface area contributed by atoms with E-state index in [-0.39, 0.29) is 0 Å². The highest BCUT2D eigenvalue weighted by Gasteiger charge is 2.24. The molecule has 1 aromatic rings. The van der Waals surface area contributed by atoms with Gasteiger partial charge in [-0.1, -0.05) is 38.1 Å². The summed E-state index contributed by atoms with van der Waals surface area (Å²) in [6.45, 7) is 5.17. The Hall–Kier alpha value is -1.31. The van der Waals surface area contributed by atoms with Crippen LogP contribution in [0.15, 0.2) is 29.3 Å². The Morgan fingerprint density at radius 2 is 2.19 bits per heavy atom. The van der Waals surface area contributed by atoms with Crippen LogP contribution in [0.1, 0.15) is 37.3 Å². The second kappa shape index (κ2) is 4.69. The number of aryl methyl sites for hydroxylation is 1. The molecular formula is C14H20N2. The quantitative estimate of drug-likeness (QED) is 0.612. The highest BCUT2D eigenvalue weighted by Crippen LogP contribution is 2.32. The summed E-state index contributed by atoms with van der Waals surface area (Å²) in [6.07, 6.45) is 2.26. The second-order valence-electron chi connectivity index (χ2n) is 4.95. The summed E-state index contributed by atoms with van der Waals surface area (Å²) in [5, 5.41) is 0. The van der Waals surface area contributed by atoms with Crippen molar-refractivity contribution >= 4 is 5.84 Å². The lowest BCUT2D eigenvalue weighted by Gasteiger charge is -2.11. The Bertz CT molecular complexity index is 393. The van der Waals surface area contributed by atoms with Gasteiger partial charge in [-0.2, -0.15) is 0 Å². The maximum atomic E-state index is 6.09. The second-order valence-corrected chi connectivity index (χ2v) is 4.95. The van der Waals surface area contributed by atoms with Crippen LogP contribution < -0.4 is 5.73 Å². The largest absolute Gasteiger partial charge is 0.387 e. The number of benzene rings is 1. The number of amidine groups is 1. The number of fused-ring (bicyclic) bond motifs is 1. The number of nitrogens with zero attached hydrogens (tertiary/aromatic N) is 1. The first-order valence-corrected chi connectivity index (χ1v) is 6.06. The van der Waals surface area contributed by atoms with Crippen LogP contribution in [-0.2, 0) is 6.42 Å². The van der Waals surface area contributed by atoms with Crippen LogP contribution >= 0.6 is 0 Å². The molecule has 2 nitrogen and oxygen atoms in total. The summed E-state index contributed by atoms with van der Waals surface area (Å²) in [7, 11) is 0. The van der Waals surface area contributed by atoms with Gasteiger partial charge in [0, 0.05) is 12.5 Å². The van der Waals surface area contributed by atoms with Gasteiger partial charge in [0.2, 0.25) is 0 Å². The minimum Gasteiger partial charge on any atom is -0.387 e. The monoisotopic (exact) mass is 216 g/mol. The van der Waals surface area contributed by atoms with E-state index in [9.17, 15) is 0 Å². The molecule has 16 heavy (non-hydrogen) atoms. The van der Waals surface area contributed by atoms with Crippen molar-refractivity contribution in [1.82, 2.24) is 0 Å². The average Bonchev–Trinajstić information content (AvgIpc) is 2.69. The van der Waals surface area contributed by atoms with Crippen molar-refractivity contribution in [3.63, 3.8) is 0 Å². The van der Waals surface area contributed by atoms with Gasteiger partial charge < -0.3 is 5.73 Å². The van der Waals surface area contributed by atoms with Gasteiger partial charge in [-0.05, 0) is 29.9 Å². The third-order valence-electron chi connectivity index (χ3n) is 3.13. The number of aliphatic imine (C=N–C) groups is 1. The fraction of sp³-hybridized carbons (Fsp3) is 0.500. The van der Waals surface area contributed by atoms with Gasteiger partial charge in [-0.3, -0.25) is 4.99 Å². The van der Waals surface area contributed by atoms with Crippen LogP contribution in [0.5, 0.6) is 0 Å². The zero-order valence-corrected chi connectivity index (χ0v) is 10.1. The molecule has 1 aliphatic rings. The molecule has 1 aromatic carbocycles. The van der Waals surface area contributed by atoms with Crippen molar-refractivity contribution in [3.05, 3.63) is 35.4 Å². The van der Waals surface area contributed by atoms with Gasteiger partial charge in [-0.15, -0.1) is 0 Å². The molecule has 0 amide bonds. The van der Waals surface area contributed by atoms with Gasteiger partial charge in [0.15, 0.2) is 0 Å². The zero-order valence-electron chi connectivity index (χ0n) is 10.1. The highest BCUT2D eigenvalue weighted by atomic mass is 14.9. The van der Waals surface area contributed by atoms with E-state index in [1.54, 1.807) is 0 Å². The smallest absolute Gasteiger partial charge is 0.101 e. The molecule has 1 atom stereocenters. The molecule has 0 aliphatic heterocycles. The van der Waals surface area contributed by atoms with Crippen molar-refractivity contribution in [2.45, 2.75) is 32.6 Å². The maximum Gasteiger partial charge on any atom is 0.101 e. The van der Waals surface area contributed by atoms with Gasteiger partial charge >= 0.3 is 0 Å². The molecule has 2 heteroatoms. The molecule has 2 N–H and O–H groups in total. The Kier molecular flexibility index (Phi) is 3.28. The lowest BCUT2D eigenvalue weighted by Crippen LogP contribution is -2.21. The summed E-state index contributed by atoms with van der Waals surface area (Å²) in [4.78, 5) is 4.50. The fourth-order valence-electron chi connectivity index (χ4n) is 2.26. The first kappa shape index (κ1) is 11.2. The van der Waals surface area contributed by atoms with E-state index in [4.69, 9.17) is 5.73 Å². The van der Waals surface area contributed by atoms with E-state index in [2.05, 4.69) is 43.1 Å². The van der Waals surface area contributed by atoms with E-state index in [0.717, 1.165) is 25.2 Å². The van der Waals surface area contributed by atoms with E-state index < -0.39 is 0 Å². The van der Waals surface area contributed by atoms with Crippen molar-refractivity contribution in [3.8, 4) is 0 Å². The molecule has 0 spiro atoms. The number of rotatable bonds is 3. The minimum atomic E-state index is 0.356. The Morgan fingerprint density at radius 3 is 2.94 bits per heavy atom. The molecule has 0 bridgehead atoms. The van der Waals surface area contributed by atoms with E-state index >= 15 is 0 Å². The SMILES string of the molecule is CC(C)CN=C(N)C1CCc2ccccc21. The Labute approximate surface area is 97.6 Å². The van der Waals surface area contributed by atoms with Crippen LogP contribution in [-0.4, -0.2) is 12.4 Å². The molecule has 2 rings (SSSR count). The molecule has 1 aliphatic carbocycles. The fourth-order valence-corrected chi connectivity index (χ4v) is 2.26. The van der Waals surface area contributed by atoms with Crippen LogP contribution in [0.4, 0.5) is 0 Å². The first-order valence-electron chi connectivity index (χ1n) is 6.06. The molecule has 0 heterocycles. The molecule has 1 unspecified atom stereocenters. The van der Waals surface area contributed by atoms with Crippen LogP contribution in [0.2, 0.25) is 0 Å². The highest BCUT2D eigenvalue weighted by molar-refractivity contribution is 5.88. The third-order valence-corrected chi connectivity index (χ3v) is 3.13. The van der Waals surface area contributed by atoms with E-state index in [1.807, 2.05) is 0 Å². The topological polar surface area (TPSA) is 38.4 Å². The standard InChI is InChI=1S/C14H20N2/c1-10(2)9-16-14(15)13-8-7-11-5-3-4-6-12(11)13/h3-6,10,13H,7-9H2,1-2H3,(H2,15,16). The summed E-state index contributed by atoms with van der Waals surface area (Å²) in [5.41, 5.74) is 8.91. The molecule has 86 valence electrons. The molecule has 0 fully saturated rings. The van der Waals surface area contributed by atoms with Crippen LogP contribution in [0.3, 0.4) is 0 Å².